The molecule has 2 atom stereocenters. The summed E-state index contributed by atoms with van der Waals surface area (Å²) in [6.07, 6.45) is 9.20. The van der Waals surface area contributed by atoms with E-state index in [1.165, 1.54) is 31.2 Å². The highest BCUT2D eigenvalue weighted by atomic mass is 32.2. The average Bonchev–Trinajstić information content (AvgIpc) is 2.54. The Kier molecular flexibility index (Phi) is 5.36. The Labute approximate surface area is 146 Å². The molecule has 1 aromatic rings. The number of benzene rings is 1. The van der Waals surface area contributed by atoms with Crippen molar-refractivity contribution in [2.75, 3.05) is 0 Å². The summed E-state index contributed by atoms with van der Waals surface area (Å²) in [5.41, 5.74) is 1.23. The van der Waals surface area contributed by atoms with Gasteiger partial charge in [-0.25, -0.2) is 8.42 Å². The standard InChI is InChI=1S/C20H30O3S/c1-2-3-4-5-7-16-10-12-17(13-11-16)20(21)14-18-8-6-9-19(15-20)24(18,22)23/h10-13,18-19,21H,2-9,14-15H2,1H3. The predicted octanol–water partition coefficient (Wildman–Crippen LogP) is 4.13. The highest BCUT2D eigenvalue weighted by molar-refractivity contribution is 7.92. The van der Waals surface area contributed by atoms with Gasteiger partial charge in [-0.05, 0) is 49.7 Å². The van der Waals surface area contributed by atoms with Crippen LogP contribution in [0.1, 0.15) is 75.8 Å². The third-order valence-electron chi connectivity index (χ3n) is 5.92. The first-order valence-electron chi connectivity index (χ1n) is 9.50. The van der Waals surface area contributed by atoms with E-state index in [9.17, 15) is 13.5 Å². The first-order valence-corrected chi connectivity index (χ1v) is 11.1. The first kappa shape index (κ1) is 17.9. The molecule has 2 saturated heterocycles. The van der Waals surface area contributed by atoms with Crippen LogP contribution in [0.5, 0.6) is 0 Å². The monoisotopic (exact) mass is 350 g/mol. The Balaban J connectivity index is 1.70. The number of unbranched alkanes of at least 4 members (excludes halogenated alkanes) is 3. The quantitative estimate of drug-likeness (QED) is 0.785. The molecule has 1 N–H and O–H groups in total. The van der Waals surface area contributed by atoms with E-state index in [2.05, 4.69) is 19.1 Å². The van der Waals surface area contributed by atoms with Crippen LogP contribution in [0.15, 0.2) is 24.3 Å². The SMILES string of the molecule is CCCCCCc1ccc(C2(O)CC3CCCC(C2)S3(=O)=O)cc1. The largest absolute Gasteiger partial charge is 0.385 e. The minimum Gasteiger partial charge on any atom is -0.385 e. The van der Waals surface area contributed by atoms with Gasteiger partial charge < -0.3 is 5.11 Å². The average molecular weight is 351 g/mol. The number of fused-ring (bicyclic) bond motifs is 2. The lowest BCUT2D eigenvalue weighted by Gasteiger charge is -2.44. The highest BCUT2D eigenvalue weighted by Crippen LogP contribution is 2.46. The molecular formula is C20H30O3S. The number of aryl methyl sites for hydroxylation is 1. The molecule has 2 aliphatic rings. The van der Waals surface area contributed by atoms with Gasteiger partial charge in [0, 0.05) is 0 Å². The van der Waals surface area contributed by atoms with Crippen LogP contribution < -0.4 is 0 Å². The normalized spacial score (nSPS) is 31.8. The molecular weight excluding hydrogens is 320 g/mol. The van der Waals surface area contributed by atoms with Gasteiger partial charge in [0.15, 0.2) is 9.84 Å². The molecule has 24 heavy (non-hydrogen) atoms. The zero-order valence-electron chi connectivity index (χ0n) is 14.7. The topological polar surface area (TPSA) is 54.4 Å². The zero-order valence-corrected chi connectivity index (χ0v) is 15.5. The van der Waals surface area contributed by atoms with Crippen LogP contribution in [0.2, 0.25) is 0 Å². The minimum atomic E-state index is -3.03. The van der Waals surface area contributed by atoms with Crippen LogP contribution >= 0.6 is 0 Å². The van der Waals surface area contributed by atoms with E-state index in [1.807, 2.05) is 12.1 Å². The molecule has 2 bridgehead atoms. The minimum absolute atomic E-state index is 0.358. The smallest absolute Gasteiger partial charge is 0.156 e. The lowest BCUT2D eigenvalue weighted by Crippen LogP contribution is -2.50. The first-order chi connectivity index (χ1) is 11.5. The molecule has 0 aliphatic carbocycles. The molecule has 4 heteroatoms. The lowest BCUT2D eigenvalue weighted by molar-refractivity contribution is 0.00500. The number of hydrogen-bond acceptors (Lipinski definition) is 3. The molecule has 0 saturated carbocycles. The second-order valence-electron chi connectivity index (χ2n) is 7.71. The molecule has 3 nitrogen and oxygen atoms in total. The van der Waals surface area contributed by atoms with Crippen molar-refractivity contribution in [3.8, 4) is 0 Å². The Morgan fingerprint density at radius 3 is 2.25 bits per heavy atom. The van der Waals surface area contributed by atoms with Gasteiger partial charge in [0.25, 0.3) is 0 Å². The Hall–Kier alpha value is -0.870. The van der Waals surface area contributed by atoms with E-state index in [1.54, 1.807) is 0 Å². The van der Waals surface area contributed by atoms with Crippen molar-refractivity contribution in [3.63, 3.8) is 0 Å². The second kappa shape index (κ2) is 7.17. The number of rotatable bonds is 6. The van der Waals surface area contributed by atoms with E-state index in [4.69, 9.17) is 0 Å². The summed E-state index contributed by atoms with van der Waals surface area (Å²) in [6, 6.07) is 8.25. The fourth-order valence-electron chi connectivity index (χ4n) is 4.42. The van der Waals surface area contributed by atoms with Gasteiger partial charge in [-0.3, -0.25) is 0 Å². The maximum Gasteiger partial charge on any atom is 0.156 e. The molecule has 134 valence electrons. The second-order valence-corrected chi connectivity index (χ2v) is 10.2. The highest BCUT2D eigenvalue weighted by Gasteiger charge is 2.50. The Morgan fingerprint density at radius 2 is 1.67 bits per heavy atom. The molecule has 2 heterocycles. The van der Waals surface area contributed by atoms with E-state index >= 15 is 0 Å². The molecule has 1 aromatic carbocycles. The van der Waals surface area contributed by atoms with Crippen LogP contribution in [0, 0.1) is 0 Å². The molecule has 0 spiro atoms. The number of hydrogen-bond donors (Lipinski definition) is 1. The third-order valence-corrected chi connectivity index (χ3v) is 8.59. The summed E-state index contributed by atoms with van der Waals surface area (Å²) in [5, 5.41) is 10.4. The number of aliphatic hydroxyl groups is 1. The molecule has 0 aromatic heterocycles. The Morgan fingerprint density at radius 1 is 1.04 bits per heavy atom. The Bertz CT molecular complexity index is 628. The predicted molar refractivity (Wildman–Crippen MR) is 97.8 cm³/mol. The maximum atomic E-state index is 12.4. The van der Waals surface area contributed by atoms with Gasteiger partial charge in [0.1, 0.15) is 0 Å². The third kappa shape index (κ3) is 3.55. The van der Waals surface area contributed by atoms with E-state index < -0.39 is 15.4 Å². The fraction of sp³-hybridized carbons (Fsp3) is 0.700. The summed E-state index contributed by atoms with van der Waals surface area (Å²) >= 11 is 0. The van der Waals surface area contributed by atoms with Gasteiger partial charge in [-0.15, -0.1) is 0 Å². The fourth-order valence-corrected chi connectivity index (χ4v) is 6.97. The van der Waals surface area contributed by atoms with E-state index in [-0.39, 0.29) is 10.5 Å². The zero-order chi connectivity index (χ0) is 17.2. The molecule has 0 radical (unpaired) electrons. The van der Waals surface area contributed by atoms with Gasteiger partial charge in [-0.1, -0.05) is 56.9 Å². The van der Waals surface area contributed by atoms with E-state index in [0.29, 0.717) is 25.7 Å². The summed E-state index contributed by atoms with van der Waals surface area (Å²) in [5.74, 6) is 0. The summed E-state index contributed by atoms with van der Waals surface area (Å²) in [7, 11) is -3.03. The lowest BCUT2D eigenvalue weighted by atomic mass is 9.80. The van der Waals surface area contributed by atoms with Crippen molar-refractivity contribution in [3.05, 3.63) is 35.4 Å². The summed E-state index contributed by atoms with van der Waals surface area (Å²) in [6.45, 7) is 2.22. The summed E-state index contributed by atoms with van der Waals surface area (Å²) < 4.78 is 24.9. The van der Waals surface area contributed by atoms with Crippen molar-refractivity contribution < 1.29 is 13.5 Å². The van der Waals surface area contributed by atoms with Crippen molar-refractivity contribution >= 4 is 9.84 Å². The maximum absolute atomic E-state index is 12.4. The van der Waals surface area contributed by atoms with Gasteiger partial charge in [0.05, 0.1) is 16.1 Å². The molecule has 2 aliphatic heterocycles. The molecule has 2 unspecified atom stereocenters. The molecule has 2 fully saturated rings. The van der Waals surface area contributed by atoms with Gasteiger partial charge in [0.2, 0.25) is 0 Å². The van der Waals surface area contributed by atoms with Crippen LogP contribution in [0.4, 0.5) is 0 Å². The number of sulfone groups is 1. The van der Waals surface area contributed by atoms with Crippen LogP contribution in [0.25, 0.3) is 0 Å². The van der Waals surface area contributed by atoms with Gasteiger partial charge in [-0.2, -0.15) is 0 Å². The van der Waals surface area contributed by atoms with Gasteiger partial charge >= 0.3 is 0 Å². The van der Waals surface area contributed by atoms with Crippen LogP contribution in [-0.4, -0.2) is 24.0 Å². The molecule has 0 amide bonds. The van der Waals surface area contributed by atoms with Crippen molar-refractivity contribution in [1.82, 2.24) is 0 Å². The van der Waals surface area contributed by atoms with Crippen molar-refractivity contribution in [1.29, 1.82) is 0 Å². The van der Waals surface area contributed by atoms with Crippen molar-refractivity contribution in [2.24, 2.45) is 0 Å². The van der Waals surface area contributed by atoms with Crippen LogP contribution in [-0.2, 0) is 21.9 Å². The van der Waals surface area contributed by atoms with Crippen LogP contribution in [0.3, 0.4) is 0 Å². The van der Waals surface area contributed by atoms with E-state index in [0.717, 1.165) is 18.4 Å². The summed E-state index contributed by atoms with van der Waals surface area (Å²) in [4.78, 5) is 0. The van der Waals surface area contributed by atoms with Crippen molar-refractivity contribution in [2.45, 2.75) is 87.2 Å². The molecule has 3 rings (SSSR count).